The smallest absolute Gasteiger partial charge is 0.236 e. The predicted octanol–water partition coefficient (Wildman–Crippen LogP) is 0.853. The van der Waals surface area contributed by atoms with E-state index in [0.717, 1.165) is 13.0 Å². The van der Waals surface area contributed by atoms with Crippen LogP contribution >= 0.6 is 0 Å². The first-order chi connectivity index (χ1) is 5.61. The highest BCUT2D eigenvalue weighted by Crippen LogP contribution is 1.88. The van der Waals surface area contributed by atoms with Gasteiger partial charge in [-0.25, -0.2) is 0 Å². The molecule has 0 aromatic rings. The lowest BCUT2D eigenvalue weighted by Gasteiger charge is -2.16. The molecule has 0 saturated heterocycles. The molecule has 12 heavy (non-hydrogen) atoms. The maximum atomic E-state index is 11.3. The van der Waals surface area contributed by atoms with Gasteiger partial charge in [-0.3, -0.25) is 4.79 Å². The second kappa shape index (κ2) is 6.00. The summed E-state index contributed by atoms with van der Waals surface area (Å²) in [6, 6.07) is 0.430. The Morgan fingerprint density at radius 1 is 1.50 bits per heavy atom. The van der Waals surface area contributed by atoms with Gasteiger partial charge in [0.2, 0.25) is 5.91 Å². The van der Waals surface area contributed by atoms with Gasteiger partial charge in [0.05, 0.1) is 6.54 Å². The van der Waals surface area contributed by atoms with Crippen LogP contribution in [-0.2, 0) is 4.79 Å². The third-order valence-electron chi connectivity index (χ3n) is 2.11. The molecule has 3 heteroatoms. The van der Waals surface area contributed by atoms with E-state index in [1.165, 1.54) is 0 Å². The third-order valence-corrected chi connectivity index (χ3v) is 2.11. The lowest BCUT2D eigenvalue weighted by Crippen LogP contribution is -2.38. The Kier molecular flexibility index (Phi) is 5.72. The number of carbonyl (C=O) groups is 1. The molecule has 0 aromatic heterocycles. The van der Waals surface area contributed by atoms with Crippen LogP contribution < -0.4 is 5.32 Å². The van der Waals surface area contributed by atoms with Crippen molar-refractivity contribution in [2.75, 3.05) is 20.1 Å². The molecule has 0 radical (unpaired) electrons. The van der Waals surface area contributed by atoms with Gasteiger partial charge in [0.15, 0.2) is 0 Å². The number of rotatable bonds is 5. The van der Waals surface area contributed by atoms with E-state index in [0.29, 0.717) is 12.6 Å². The van der Waals surface area contributed by atoms with Gasteiger partial charge in [-0.2, -0.15) is 0 Å². The summed E-state index contributed by atoms with van der Waals surface area (Å²) < 4.78 is 0. The fourth-order valence-corrected chi connectivity index (χ4v) is 0.717. The van der Waals surface area contributed by atoms with Crippen molar-refractivity contribution in [3.8, 4) is 0 Å². The monoisotopic (exact) mass is 172 g/mol. The molecule has 0 spiro atoms. The number of hydrogen-bond donors (Lipinski definition) is 1. The summed E-state index contributed by atoms with van der Waals surface area (Å²) in [6.45, 7) is 7.40. The Bertz CT molecular complexity index is 136. The second-order valence-corrected chi connectivity index (χ2v) is 3.10. The van der Waals surface area contributed by atoms with Crippen LogP contribution in [0.2, 0.25) is 0 Å². The lowest BCUT2D eigenvalue weighted by molar-refractivity contribution is -0.128. The summed E-state index contributed by atoms with van der Waals surface area (Å²) in [4.78, 5) is 13.0. The van der Waals surface area contributed by atoms with E-state index in [9.17, 15) is 4.79 Å². The van der Waals surface area contributed by atoms with Crippen LogP contribution in [0.3, 0.4) is 0 Å². The van der Waals surface area contributed by atoms with E-state index in [1.807, 2.05) is 14.0 Å². The molecule has 0 saturated carbocycles. The molecule has 0 fully saturated rings. The molecule has 0 aromatic carbocycles. The van der Waals surface area contributed by atoms with Gasteiger partial charge in [0.25, 0.3) is 0 Å². The molecular formula is C9H20N2O. The summed E-state index contributed by atoms with van der Waals surface area (Å²) >= 11 is 0. The molecule has 0 aliphatic heterocycles. The Hall–Kier alpha value is -0.570. The number of likely N-dealkylation sites (N-methyl/N-ethyl adjacent to an activating group) is 1. The Morgan fingerprint density at radius 2 is 2.08 bits per heavy atom. The minimum atomic E-state index is 0.165. The second-order valence-electron chi connectivity index (χ2n) is 3.10. The first kappa shape index (κ1) is 11.4. The average molecular weight is 172 g/mol. The van der Waals surface area contributed by atoms with E-state index in [-0.39, 0.29) is 5.91 Å². The van der Waals surface area contributed by atoms with Crippen molar-refractivity contribution in [2.45, 2.75) is 33.2 Å². The predicted molar refractivity (Wildman–Crippen MR) is 51.1 cm³/mol. The van der Waals surface area contributed by atoms with Gasteiger partial charge in [-0.05, 0) is 20.3 Å². The largest absolute Gasteiger partial charge is 0.345 e. The minimum absolute atomic E-state index is 0.165. The van der Waals surface area contributed by atoms with Crippen molar-refractivity contribution in [1.29, 1.82) is 0 Å². The maximum Gasteiger partial charge on any atom is 0.236 e. The highest BCUT2D eigenvalue weighted by molar-refractivity contribution is 5.77. The van der Waals surface area contributed by atoms with Gasteiger partial charge < -0.3 is 10.2 Å². The normalized spacial score (nSPS) is 12.7. The molecule has 1 atom stereocenters. The van der Waals surface area contributed by atoms with Gasteiger partial charge in [-0.15, -0.1) is 0 Å². The minimum Gasteiger partial charge on any atom is -0.345 e. The first-order valence-electron chi connectivity index (χ1n) is 4.59. The number of nitrogens with one attached hydrogen (secondary N) is 1. The molecule has 3 nitrogen and oxygen atoms in total. The van der Waals surface area contributed by atoms with Crippen molar-refractivity contribution in [3.63, 3.8) is 0 Å². The highest BCUT2D eigenvalue weighted by Gasteiger charge is 2.06. The summed E-state index contributed by atoms with van der Waals surface area (Å²) in [6.07, 6.45) is 1.06. The van der Waals surface area contributed by atoms with Crippen molar-refractivity contribution >= 4 is 5.91 Å². The summed E-state index contributed by atoms with van der Waals surface area (Å²) in [7, 11) is 1.82. The zero-order chi connectivity index (χ0) is 9.56. The Morgan fingerprint density at radius 3 is 2.50 bits per heavy atom. The zero-order valence-electron chi connectivity index (χ0n) is 8.55. The van der Waals surface area contributed by atoms with Crippen LogP contribution in [0.4, 0.5) is 0 Å². The van der Waals surface area contributed by atoms with Crippen LogP contribution in [0.15, 0.2) is 0 Å². The topological polar surface area (TPSA) is 32.3 Å². The molecule has 0 aliphatic rings. The SMILES string of the molecule is CCC(C)NCC(=O)N(C)CC. The van der Waals surface area contributed by atoms with Crippen LogP contribution in [0.1, 0.15) is 27.2 Å². The molecule has 1 N–H and O–H groups in total. The first-order valence-corrected chi connectivity index (χ1v) is 4.59. The molecule has 1 unspecified atom stereocenters. The van der Waals surface area contributed by atoms with Gasteiger partial charge >= 0.3 is 0 Å². The zero-order valence-corrected chi connectivity index (χ0v) is 8.55. The van der Waals surface area contributed by atoms with Crippen LogP contribution in [0.25, 0.3) is 0 Å². The Balaban J connectivity index is 3.56. The molecule has 1 amide bonds. The van der Waals surface area contributed by atoms with Crippen molar-refractivity contribution in [1.82, 2.24) is 10.2 Å². The van der Waals surface area contributed by atoms with Gasteiger partial charge in [-0.1, -0.05) is 6.92 Å². The van der Waals surface area contributed by atoms with E-state index in [1.54, 1.807) is 4.90 Å². The molecule has 72 valence electrons. The summed E-state index contributed by atoms with van der Waals surface area (Å²) in [5.41, 5.74) is 0. The van der Waals surface area contributed by atoms with Crippen LogP contribution in [0.5, 0.6) is 0 Å². The standard InChI is InChI=1S/C9H20N2O/c1-5-8(3)10-7-9(12)11(4)6-2/h8,10H,5-7H2,1-4H3. The number of hydrogen-bond acceptors (Lipinski definition) is 2. The average Bonchev–Trinajstić information content (AvgIpc) is 2.11. The molecule has 0 rings (SSSR count). The quantitative estimate of drug-likeness (QED) is 0.667. The van der Waals surface area contributed by atoms with Crippen molar-refractivity contribution in [3.05, 3.63) is 0 Å². The number of amides is 1. The molecule has 0 heterocycles. The maximum absolute atomic E-state index is 11.3. The van der Waals surface area contributed by atoms with E-state index in [2.05, 4.69) is 19.2 Å². The third kappa shape index (κ3) is 4.34. The molecular weight excluding hydrogens is 152 g/mol. The van der Waals surface area contributed by atoms with E-state index >= 15 is 0 Å². The molecule has 0 aliphatic carbocycles. The fourth-order valence-electron chi connectivity index (χ4n) is 0.717. The summed E-state index contributed by atoms with van der Waals surface area (Å²) in [5, 5.41) is 3.16. The number of nitrogens with zero attached hydrogens (tertiary/aromatic N) is 1. The van der Waals surface area contributed by atoms with E-state index < -0.39 is 0 Å². The fraction of sp³-hybridized carbons (Fsp3) is 0.889. The van der Waals surface area contributed by atoms with Crippen molar-refractivity contribution in [2.24, 2.45) is 0 Å². The lowest BCUT2D eigenvalue weighted by atomic mass is 10.2. The van der Waals surface area contributed by atoms with E-state index in [4.69, 9.17) is 0 Å². The van der Waals surface area contributed by atoms with Crippen LogP contribution in [0, 0.1) is 0 Å². The molecule has 0 bridgehead atoms. The van der Waals surface area contributed by atoms with Gasteiger partial charge in [0.1, 0.15) is 0 Å². The number of carbonyl (C=O) groups excluding carboxylic acids is 1. The highest BCUT2D eigenvalue weighted by atomic mass is 16.2. The summed E-state index contributed by atoms with van der Waals surface area (Å²) in [5.74, 6) is 0.165. The van der Waals surface area contributed by atoms with Crippen molar-refractivity contribution < 1.29 is 4.79 Å². The van der Waals surface area contributed by atoms with Crippen LogP contribution in [-0.4, -0.2) is 37.0 Å². The van der Waals surface area contributed by atoms with Gasteiger partial charge in [0, 0.05) is 19.6 Å². The Labute approximate surface area is 75.1 Å².